The van der Waals surface area contributed by atoms with Crippen molar-refractivity contribution in [2.75, 3.05) is 18.9 Å². The summed E-state index contributed by atoms with van der Waals surface area (Å²) in [6.07, 6.45) is 8.00. The second kappa shape index (κ2) is 14.7. The fourth-order valence-electron chi connectivity index (χ4n) is 2.75. The maximum Gasteiger partial charge on any atom is 0.275 e. The highest BCUT2D eigenvalue weighted by Gasteiger charge is 2.26. The molecule has 3 N–H and O–H groups in total. The van der Waals surface area contributed by atoms with Gasteiger partial charge in [0.2, 0.25) is 12.8 Å². The molecule has 0 fully saturated rings. The van der Waals surface area contributed by atoms with Gasteiger partial charge in [0.1, 0.15) is 5.69 Å². The van der Waals surface area contributed by atoms with E-state index in [4.69, 9.17) is 16.9 Å². The summed E-state index contributed by atoms with van der Waals surface area (Å²) in [6, 6.07) is 1.60. The molecule has 12 heteroatoms. The maximum atomic E-state index is 14.4. The summed E-state index contributed by atoms with van der Waals surface area (Å²) in [5.41, 5.74) is 5.83. The van der Waals surface area contributed by atoms with Gasteiger partial charge in [-0.25, -0.2) is 27.5 Å². The van der Waals surface area contributed by atoms with E-state index in [-0.39, 0.29) is 34.7 Å². The van der Waals surface area contributed by atoms with Crippen molar-refractivity contribution in [2.45, 2.75) is 38.5 Å². The number of ether oxygens (including phenoxy) is 1. The molecule has 0 saturated heterocycles. The van der Waals surface area contributed by atoms with Gasteiger partial charge < -0.3 is 15.8 Å². The molecule has 1 aromatic carbocycles. The minimum Gasteiger partial charge on any atom is -0.463 e. The first-order valence-electron chi connectivity index (χ1n) is 10.1. The van der Waals surface area contributed by atoms with E-state index in [1.165, 1.54) is 30.2 Å². The third-order valence-electron chi connectivity index (χ3n) is 4.00. The van der Waals surface area contributed by atoms with Gasteiger partial charge in [0.05, 0.1) is 18.4 Å². The number of thioether (sulfide) groups is 1. The molecule has 0 saturated carbocycles. The van der Waals surface area contributed by atoms with E-state index in [1.807, 2.05) is 20.8 Å². The second-order valence-electron chi connectivity index (χ2n) is 6.30. The van der Waals surface area contributed by atoms with Gasteiger partial charge >= 0.3 is 0 Å². The van der Waals surface area contributed by atoms with Crippen molar-refractivity contribution in [3.05, 3.63) is 47.4 Å². The molecule has 0 aliphatic carbocycles. The number of halogens is 4. The molecule has 1 aromatic heterocycles. The van der Waals surface area contributed by atoms with Crippen molar-refractivity contribution in [1.82, 2.24) is 9.97 Å². The van der Waals surface area contributed by atoms with E-state index in [0.717, 1.165) is 6.07 Å². The number of benzene rings is 1. The number of nitrogens with one attached hydrogen (secondary N) is 1. The Morgan fingerprint density at radius 2 is 1.97 bits per heavy atom. The van der Waals surface area contributed by atoms with E-state index >= 15 is 0 Å². The molecule has 2 aromatic rings. The van der Waals surface area contributed by atoms with E-state index < -0.39 is 30.5 Å². The van der Waals surface area contributed by atoms with Crippen LogP contribution in [0.4, 0.5) is 23.2 Å². The topological polar surface area (TPSA) is 102 Å². The van der Waals surface area contributed by atoms with Crippen molar-refractivity contribution in [3.63, 3.8) is 0 Å². The van der Waals surface area contributed by atoms with Gasteiger partial charge in [0.25, 0.3) is 5.91 Å². The summed E-state index contributed by atoms with van der Waals surface area (Å²) < 4.78 is 52.8. The quantitative estimate of drug-likeness (QED) is 0.452. The first-order chi connectivity index (χ1) is 16.3. The molecule has 7 nitrogen and oxygen atoms in total. The number of carbonyl (C=O) groups is 1. The van der Waals surface area contributed by atoms with Gasteiger partial charge in [0, 0.05) is 22.6 Å². The number of amidine groups is 1. The molecule has 184 valence electrons. The van der Waals surface area contributed by atoms with Crippen LogP contribution < -0.4 is 15.8 Å². The van der Waals surface area contributed by atoms with Crippen LogP contribution in [0.2, 0.25) is 0 Å². The number of aromatic nitrogens is 2. The predicted octanol–water partition coefficient (Wildman–Crippen LogP) is 4.81. The van der Waals surface area contributed by atoms with Crippen LogP contribution in [0.3, 0.4) is 0 Å². The highest BCUT2D eigenvalue weighted by molar-refractivity contribution is 8.14. The Balaban J connectivity index is 0.00000107. The first kappa shape index (κ1) is 28.7. The van der Waals surface area contributed by atoms with Crippen molar-refractivity contribution in [1.29, 1.82) is 0 Å². The van der Waals surface area contributed by atoms with Crippen LogP contribution in [-0.4, -0.2) is 39.8 Å². The monoisotopic (exact) mass is 499 g/mol. The molecule has 3 rings (SSSR count). The lowest BCUT2D eigenvalue weighted by atomic mass is 10.0. The smallest absolute Gasteiger partial charge is 0.275 e. The van der Waals surface area contributed by atoms with Crippen molar-refractivity contribution in [2.24, 2.45) is 10.7 Å². The molecule has 1 amide bonds. The maximum absolute atomic E-state index is 14.4. The predicted molar refractivity (Wildman–Crippen MR) is 125 cm³/mol. The number of hydrogen-bond donors (Lipinski definition) is 2. The van der Waals surface area contributed by atoms with Crippen LogP contribution in [0.25, 0.3) is 0 Å². The number of aliphatic imine (C=N–C) groups is 1. The molecule has 0 bridgehead atoms. The van der Waals surface area contributed by atoms with Crippen molar-refractivity contribution in [3.8, 4) is 18.2 Å². The normalized spacial score (nSPS) is 16.5. The van der Waals surface area contributed by atoms with Gasteiger partial charge in [-0.1, -0.05) is 38.5 Å². The van der Waals surface area contributed by atoms with Gasteiger partial charge in [-0.2, -0.15) is 0 Å². The van der Waals surface area contributed by atoms with Gasteiger partial charge in [-0.15, -0.1) is 6.42 Å². The SMILES string of the molecule is C#CCOc1cnc(C(=O)Nc2cc(F)c(F)c(C3CC(C)SC(N)=N3)c2)cn1.CC.FCF. The number of rotatable bonds is 5. The highest BCUT2D eigenvalue weighted by Crippen LogP contribution is 2.36. The largest absolute Gasteiger partial charge is 0.463 e. The molecule has 0 spiro atoms. The molecular formula is C22H25F4N5O2S. The summed E-state index contributed by atoms with van der Waals surface area (Å²) in [4.78, 5) is 24.4. The minimum absolute atomic E-state index is 0.0170. The summed E-state index contributed by atoms with van der Waals surface area (Å²) in [6.45, 7) is 4.19. The number of hydrogen-bond acceptors (Lipinski definition) is 7. The minimum atomic E-state index is -1.75. The number of amides is 1. The highest BCUT2D eigenvalue weighted by atomic mass is 32.2. The Kier molecular flexibility index (Phi) is 12.4. The van der Waals surface area contributed by atoms with Crippen LogP contribution in [0, 0.1) is 24.0 Å². The Bertz CT molecular complexity index is 1020. The van der Waals surface area contributed by atoms with Gasteiger partial charge in [-0.3, -0.25) is 9.79 Å². The van der Waals surface area contributed by atoms with Crippen molar-refractivity contribution >= 4 is 28.5 Å². The van der Waals surface area contributed by atoms with E-state index in [9.17, 15) is 22.4 Å². The molecule has 1 aliphatic heterocycles. The van der Waals surface area contributed by atoms with Crippen LogP contribution in [0.15, 0.2) is 29.5 Å². The number of anilines is 1. The lowest BCUT2D eigenvalue weighted by Gasteiger charge is -2.24. The number of terminal acetylenes is 1. The molecule has 2 atom stereocenters. The third kappa shape index (κ3) is 8.55. The molecule has 0 radical (unpaired) electrons. The van der Waals surface area contributed by atoms with Crippen LogP contribution in [-0.2, 0) is 0 Å². The molecule has 2 unspecified atom stereocenters. The first-order valence-corrected chi connectivity index (χ1v) is 11.0. The summed E-state index contributed by atoms with van der Waals surface area (Å²) in [5.74, 6) is -0.315. The number of nitrogens with two attached hydrogens (primary N) is 1. The van der Waals surface area contributed by atoms with Crippen LogP contribution in [0.1, 0.15) is 49.3 Å². The Labute approximate surface area is 199 Å². The second-order valence-corrected chi connectivity index (χ2v) is 7.76. The van der Waals surface area contributed by atoms with E-state index in [0.29, 0.717) is 11.6 Å². The zero-order valence-corrected chi connectivity index (χ0v) is 19.6. The molecular weight excluding hydrogens is 474 g/mol. The lowest BCUT2D eigenvalue weighted by molar-refractivity contribution is 0.102. The fourth-order valence-corrected chi connectivity index (χ4v) is 3.62. The Morgan fingerprint density at radius 3 is 2.53 bits per heavy atom. The zero-order chi connectivity index (χ0) is 25.7. The standard InChI is InChI=1S/C19H17F2N5O2S.C2H6.CH2F2/c1-3-4-28-16-9-23-15(8-24-16)18(27)25-11-6-12(17(21)13(20)7-11)14-5-10(2)29-19(22)26-14;1-2;2-1-3/h1,6-10,14H,4-5H2,2H3,(H2,22,26)(H,25,27);1-2H3;1H2. The average molecular weight is 500 g/mol. The van der Waals surface area contributed by atoms with E-state index in [2.05, 4.69) is 26.2 Å². The van der Waals surface area contributed by atoms with Crippen molar-refractivity contribution < 1.29 is 27.1 Å². The average Bonchev–Trinajstić information content (AvgIpc) is 2.81. The van der Waals surface area contributed by atoms with Crippen LogP contribution >= 0.6 is 11.8 Å². The Hall–Kier alpha value is -3.33. The molecule has 34 heavy (non-hydrogen) atoms. The third-order valence-corrected chi connectivity index (χ3v) is 4.94. The van der Waals surface area contributed by atoms with E-state index in [1.54, 1.807) is 0 Å². The number of alkyl halides is 2. The number of nitrogens with zero attached hydrogens (tertiary/aromatic N) is 3. The lowest BCUT2D eigenvalue weighted by Crippen LogP contribution is -2.22. The fraction of sp³-hybridized carbons (Fsp3) is 0.364. The number of carbonyl (C=O) groups excluding carboxylic acids is 1. The van der Waals surface area contributed by atoms with Gasteiger partial charge in [0.15, 0.2) is 23.4 Å². The molecule has 2 heterocycles. The Morgan fingerprint density at radius 1 is 1.29 bits per heavy atom. The van der Waals surface area contributed by atoms with Gasteiger partial charge in [-0.05, 0) is 12.5 Å². The summed E-state index contributed by atoms with van der Waals surface area (Å²) in [5, 5.41) is 2.90. The zero-order valence-electron chi connectivity index (χ0n) is 18.8. The van der Waals surface area contributed by atoms with Crippen LogP contribution in [0.5, 0.6) is 5.88 Å². The summed E-state index contributed by atoms with van der Waals surface area (Å²) >= 11 is 1.37. The molecule has 1 aliphatic rings. The summed E-state index contributed by atoms with van der Waals surface area (Å²) in [7, 11) is 0.